The van der Waals surface area contributed by atoms with Crippen LogP contribution >= 0.6 is 11.3 Å². The molecule has 1 unspecified atom stereocenters. The van der Waals surface area contributed by atoms with Gasteiger partial charge < -0.3 is 10.3 Å². The molecule has 0 spiro atoms. The molecule has 0 saturated carbocycles. The van der Waals surface area contributed by atoms with Gasteiger partial charge in [0.05, 0.1) is 6.04 Å². The summed E-state index contributed by atoms with van der Waals surface area (Å²) >= 11 is 1.60. The van der Waals surface area contributed by atoms with Crippen LogP contribution in [0, 0.1) is 0 Å². The average Bonchev–Trinajstić information content (AvgIpc) is 2.86. The smallest absolute Gasteiger partial charge is 0.243 e. The third-order valence-corrected chi connectivity index (χ3v) is 2.66. The minimum atomic E-state index is -0.158. The molecule has 0 saturated heterocycles. The van der Waals surface area contributed by atoms with Gasteiger partial charge in [-0.15, -0.1) is 0 Å². The van der Waals surface area contributed by atoms with E-state index in [1.807, 2.05) is 23.8 Å². The fraction of sp³-hybridized carbons (Fsp3) is 0.333. The van der Waals surface area contributed by atoms with Gasteiger partial charge in [-0.05, 0) is 17.9 Å². The number of aromatic nitrogens is 2. The lowest BCUT2D eigenvalue weighted by Crippen LogP contribution is -2.08. The van der Waals surface area contributed by atoms with Crippen LogP contribution in [0.25, 0.3) is 11.4 Å². The third-order valence-electron chi connectivity index (χ3n) is 1.98. The molecule has 0 aliphatic carbocycles. The second kappa shape index (κ2) is 3.89. The third kappa shape index (κ3) is 1.69. The van der Waals surface area contributed by atoms with Gasteiger partial charge in [-0.3, -0.25) is 0 Å². The van der Waals surface area contributed by atoms with E-state index in [9.17, 15) is 0 Å². The zero-order chi connectivity index (χ0) is 9.97. The Bertz CT molecular complexity index is 396. The van der Waals surface area contributed by atoms with Gasteiger partial charge in [0.1, 0.15) is 0 Å². The molecule has 0 radical (unpaired) electrons. The zero-order valence-corrected chi connectivity index (χ0v) is 8.62. The first-order valence-electron chi connectivity index (χ1n) is 4.43. The molecule has 2 N–H and O–H groups in total. The van der Waals surface area contributed by atoms with Gasteiger partial charge in [-0.1, -0.05) is 12.1 Å². The molecule has 74 valence electrons. The van der Waals surface area contributed by atoms with Crippen LogP contribution in [-0.2, 0) is 0 Å². The zero-order valence-electron chi connectivity index (χ0n) is 7.80. The predicted molar refractivity (Wildman–Crippen MR) is 54.8 cm³/mol. The molecule has 0 aliphatic heterocycles. The molecule has 0 fully saturated rings. The number of nitrogens with zero attached hydrogens (tertiary/aromatic N) is 2. The molecular formula is C9H11N3OS. The van der Waals surface area contributed by atoms with E-state index in [1.54, 1.807) is 11.3 Å². The number of hydrogen-bond donors (Lipinski definition) is 1. The Labute approximate surface area is 85.7 Å². The minimum Gasteiger partial charge on any atom is -0.337 e. The molecule has 2 aromatic rings. The number of nitrogens with two attached hydrogens (primary N) is 1. The highest BCUT2D eigenvalue weighted by molar-refractivity contribution is 7.08. The SMILES string of the molecule is CCC(N)c1nc(-c2ccsc2)no1. The maximum absolute atomic E-state index is 5.77. The molecule has 14 heavy (non-hydrogen) atoms. The first kappa shape index (κ1) is 9.36. The van der Waals surface area contributed by atoms with Crippen molar-refractivity contribution in [1.29, 1.82) is 0 Å². The van der Waals surface area contributed by atoms with Crippen LogP contribution in [0.1, 0.15) is 25.3 Å². The van der Waals surface area contributed by atoms with Crippen molar-refractivity contribution in [2.24, 2.45) is 5.73 Å². The molecule has 5 heteroatoms. The summed E-state index contributed by atoms with van der Waals surface area (Å²) in [4.78, 5) is 4.23. The van der Waals surface area contributed by atoms with Crippen molar-refractivity contribution >= 4 is 11.3 Å². The monoisotopic (exact) mass is 209 g/mol. The molecule has 2 aromatic heterocycles. The lowest BCUT2D eigenvalue weighted by atomic mass is 10.2. The first-order chi connectivity index (χ1) is 6.81. The maximum Gasteiger partial charge on any atom is 0.243 e. The topological polar surface area (TPSA) is 64.9 Å². The second-order valence-corrected chi connectivity index (χ2v) is 3.76. The standard InChI is InChI=1S/C9H11N3OS/c1-2-7(10)9-11-8(12-13-9)6-3-4-14-5-6/h3-5,7H,2,10H2,1H3. The summed E-state index contributed by atoms with van der Waals surface area (Å²) in [5, 5.41) is 7.82. The van der Waals surface area contributed by atoms with E-state index in [4.69, 9.17) is 10.3 Å². The Morgan fingerprint density at radius 1 is 1.64 bits per heavy atom. The van der Waals surface area contributed by atoms with Crippen LogP contribution in [0.15, 0.2) is 21.3 Å². The van der Waals surface area contributed by atoms with Crippen LogP contribution in [-0.4, -0.2) is 10.1 Å². The maximum atomic E-state index is 5.77. The molecule has 0 amide bonds. The van der Waals surface area contributed by atoms with Crippen molar-refractivity contribution in [3.8, 4) is 11.4 Å². The molecule has 0 bridgehead atoms. The second-order valence-electron chi connectivity index (χ2n) is 2.98. The van der Waals surface area contributed by atoms with Gasteiger partial charge in [0.25, 0.3) is 0 Å². The Balaban J connectivity index is 2.26. The minimum absolute atomic E-state index is 0.158. The summed E-state index contributed by atoms with van der Waals surface area (Å²) < 4.78 is 5.06. The molecule has 4 nitrogen and oxygen atoms in total. The van der Waals surface area contributed by atoms with Crippen molar-refractivity contribution in [2.45, 2.75) is 19.4 Å². The van der Waals surface area contributed by atoms with Crippen LogP contribution in [0.4, 0.5) is 0 Å². The van der Waals surface area contributed by atoms with Crippen molar-refractivity contribution in [3.05, 3.63) is 22.7 Å². The Hall–Kier alpha value is -1.20. The van der Waals surface area contributed by atoms with E-state index in [0.717, 1.165) is 12.0 Å². The van der Waals surface area contributed by atoms with E-state index < -0.39 is 0 Å². The van der Waals surface area contributed by atoms with Crippen molar-refractivity contribution < 1.29 is 4.52 Å². The largest absolute Gasteiger partial charge is 0.337 e. The van der Waals surface area contributed by atoms with Crippen molar-refractivity contribution in [2.75, 3.05) is 0 Å². The number of rotatable bonds is 3. The van der Waals surface area contributed by atoms with E-state index >= 15 is 0 Å². The quantitative estimate of drug-likeness (QED) is 0.841. The van der Waals surface area contributed by atoms with Crippen molar-refractivity contribution in [1.82, 2.24) is 10.1 Å². The molecule has 1 atom stereocenters. The summed E-state index contributed by atoms with van der Waals surface area (Å²) in [7, 11) is 0. The number of thiophene rings is 1. The first-order valence-corrected chi connectivity index (χ1v) is 5.37. The number of hydrogen-bond acceptors (Lipinski definition) is 5. The Kier molecular flexibility index (Phi) is 2.60. The van der Waals surface area contributed by atoms with Crippen molar-refractivity contribution in [3.63, 3.8) is 0 Å². The summed E-state index contributed by atoms with van der Waals surface area (Å²) in [5.41, 5.74) is 6.75. The fourth-order valence-corrected chi connectivity index (χ4v) is 1.70. The lowest BCUT2D eigenvalue weighted by molar-refractivity contribution is 0.352. The molecule has 2 rings (SSSR count). The van der Waals surface area contributed by atoms with Crippen LogP contribution in [0.5, 0.6) is 0 Å². The highest BCUT2D eigenvalue weighted by atomic mass is 32.1. The summed E-state index contributed by atoms with van der Waals surface area (Å²) in [6, 6.07) is 1.80. The Morgan fingerprint density at radius 2 is 2.50 bits per heavy atom. The van der Waals surface area contributed by atoms with Gasteiger partial charge in [0.15, 0.2) is 0 Å². The normalized spacial score (nSPS) is 13.0. The molecule has 2 heterocycles. The molecule has 0 aliphatic rings. The predicted octanol–water partition coefficient (Wildman–Crippen LogP) is 2.21. The van der Waals surface area contributed by atoms with E-state index in [0.29, 0.717) is 11.7 Å². The fourth-order valence-electron chi connectivity index (χ4n) is 1.07. The summed E-state index contributed by atoms with van der Waals surface area (Å²) in [6.45, 7) is 1.99. The van der Waals surface area contributed by atoms with Gasteiger partial charge in [-0.2, -0.15) is 16.3 Å². The van der Waals surface area contributed by atoms with Gasteiger partial charge in [0.2, 0.25) is 11.7 Å². The van der Waals surface area contributed by atoms with Crippen LogP contribution < -0.4 is 5.73 Å². The van der Waals surface area contributed by atoms with Gasteiger partial charge in [-0.25, -0.2) is 0 Å². The van der Waals surface area contributed by atoms with Crippen LogP contribution in [0.2, 0.25) is 0 Å². The Morgan fingerprint density at radius 3 is 3.14 bits per heavy atom. The summed E-state index contributed by atoms with van der Waals surface area (Å²) in [6.07, 6.45) is 0.797. The highest BCUT2D eigenvalue weighted by Crippen LogP contribution is 2.20. The molecular weight excluding hydrogens is 198 g/mol. The highest BCUT2D eigenvalue weighted by Gasteiger charge is 2.13. The van der Waals surface area contributed by atoms with Gasteiger partial charge >= 0.3 is 0 Å². The van der Waals surface area contributed by atoms with E-state index in [2.05, 4.69) is 10.1 Å². The van der Waals surface area contributed by atoms with Crippen LogP contribution in [0.3, 0.4) is 0 Å². The molecule has 0 aromatic carbocycles. The average molecular weight is 209 g/mol. The summed E-state index contributed by atoms with van der Waals surface area (Å²) in [5.74, 6) is 1.12. The van der Waals surface area contributed by atoms with E-state index in [-0.39, 0.29) is 6.04 Å². The van der Waals surface area contributed by atoms with Gasteiger partial charge in [0, 0.05) is 10.9 Å². The van der Waals surface area contributed by atoms with E-state index in [1.165, 1.54) is 0 Å². The lowest BCUT2D eigenvalue weighted by Gasteiger charge is -1.98.